The molecule has 1 aliphatic heterocycles. The fourth-order valence-electron chi connectivity index (χ4n) is 4.24. The molecule has 0 radical (unpaired) electrons. The van der Waals surface area contributed by atoms with Crippen molar-refractivity contribution in [3.05, 3.63) is 52.8 Å². The number of likely N-dealkylation sites (tertiary alicyclic amines) is 1. The largest absolute Gasteiger partial charge is 0.444 e. The van der Waals surface area contributed by atoms with Crippen LogP contribution in [0.4, 0.5) is 4.79 Å². The van der Waals surface area contributed by atoms with Crippen LogP contribution in [0.5, 0.6) is 0 Å². The van der Waals surface area contributed by atoms with Crippen LogP contribution in [0.2, 0.25) is 0 Å². The highest BCUT2D eigenvalue weighted by atomic mass is 16.6. The Morgan fingerprint density at radius 3 is 2.47 bits per heavy atom. The van der Waals surface area contributed by atoms with Crippen molar-refractivity contribution in [3.63, 3.8) is 0 Å². The second kappa shape index (κ2) is 9.76. The zero-order valence-electron chi connectivity index (χ0n) is 20.1. The Morgan fingerprint density at radius 1 is 1.19 bits per heavy atom. The summed E-state index contributed by atoms with van der Waals surface area (Å²) in [4.78, 5) is 27.3. The van der Waals surface area contributed by atoms with Gasteiger partial charge in [0.15, 0.2) is 0 Å². The number of carbonyl (C=O) groups excluding carboxylic acids is 2. The number of rotatable bonds is 5. The minimum atomic E-state index is -0.549. The summed E-state index contributed by atoms with van der Waals surface area (Å²) in [6.07, 6.45) is 1.55. The maximum atomic E-state index is 13.3. The minimum absolute atomic E-state index is 0.00482. The molecule has 1 fully saturated rings. The number of amides is 2. The molecule has 0 unspecified atom stereocenters. The van der Waals surface area contributed by atoms with Crippen molar-refractivity contribution in [2.24, 2.45) is 5.92 Å². The van der Waals surface area contributed by atoms with Gasteiger partial charge in [-0.2, -0.15) is 5.10 Å². The van der Waals surface area contributed by atoms with Gasteiger partial charge in [-0.15, -0.1) is 0 Å². The van der Waals surface area contributed by atoms with E-state index in [1.54, 1.807) is 0 Å². The summed E-state index contributed by atoms with van der Waals surface area (Å²) < 4.78 is 7.32. The number of hydrogen-bond acceptors (Lipinski definition) is 4. The van der Waals surface area contributed by atoms with Crippen LogP contribution in [0.25, 0.3) is 0 Å². The third-order valence-corrected chi connectivity index (χ3v) is 5.87. The highest BCUT2D eigenvalue weighted by Gasteiger charge is 2.33. The van der Waals surface area contributed by atoms with E-state index in [0.29, 0.717) is 31.1 Å². The summed E-state index contributed by atoms with van der Waals surface area (Å²) in [5.41, 5.74) is 3.33. The van der Waals surface area contributed by atoms with Crippen molar-refractivity contribution in [1.82, 2.24) is 20.0 Å². The van der Waals surface area contributed by atoms with E-state index in [1.165, 1.54) is 0 Å². The van der Waals surface area contributed by atoms with Crippen LogP contribution in [0.3, 0.4) is 0 Å². The summed E-state index contributed by atoms with van der Waals surface area (Å²) in [5.74, 6) is 0.304. The highest BCUT2D eigenvalue weighted by Crippen LogP contribution is 2.25. The number of piperidine rings is 1. The molecule has 1 N–H and O–H groups in total. The SMILES string of the molecule is Cc1cc(C)n(Cc2ccc(C(=O)N3CCC[C@@H](C)[C@@H]3CNC(=O)OC(C)(C)C)cc2)n1. The Balaban J connectivity index is 1.67. The topological polar surface area (TPSA) is 76.5 Å². The van der Waals surface area contributed by atoms with E-state index in [4.69, 9.17) is 4.74 Å². The van der Waals surface area contributed by atoms with Crippen LogP contribution in [0.15, 0.2) is 30.3 Å². The first-order valence-corrected chi connectivity index (χ1v) is 11.4. The maximum absolute atomic E-state index is 13.3. The molecule has 0 aliphatic carbocycles. The molecule has 0 bridgehead atoms. The van der Waals surface area contributed by atoms with Gasteiger partial charge in [-0.3, -0.25) is 9.48 Å². The molecule has 7 heteroatoms. The number of benzene rings is 1. The molecule has 1 saturated heterocycles. The van der Waals surface area contributed by atoms with Crippen LogP contribution in [-0.2, 0) is 11.3 Å². The third kappa shape index (κ3) is 6.11. The van der Waals surface area contributed by atoms with Gasteiger partial charge in [0.1, 0.15) is 5.60 Å². The standard InChI is InChI=1S/C25H36N4O3/c1-17-8-7-13-28(22(17)15-26-24(31)32-25(4,5)6)23(30)21-11-9-20(10-12-21)16-29-19(3)14-18(2)27-29/h9-12,14,17,22H,7-8,13,15-16H2,1-6H3,(H,26,31)/t17-,22+/m1/s1. The number of hydrogen-bond donors (Lipinski definition) is 1. The Labute approximate surface area is 191 Å². The molecule has 174 valence electrons. The number of nitrogens with zero attached hydrogens (tertiary/aromatic N) is 3. The van der Waals surface area contributed by atoms with E-state index in [-0.39, 0.29) is 11.9 Å². The van der Waals surface area contributed by atoms with Gasteiger partial charge in [0.05, 0.1) is 18.3 Å². The quantitative estimate of drug-likeness (QED) is 0.751. The molecule has 32 heavy (non-hydrogen) atoms. The maximum Gasteiger partial charge on any atom is 0.407 e. The molecule has 3 rings (SSSR count). The van der Waals surface area contributed by atoms with Crippen LogP contribution < -0.4 is 5.32 Å². The van der Waals surface area contributed by atoms with Crippen molar-refractivity contribution in [2.75, 3.05) is 13.1 Å². The number of aryl methyl sites for hydroxylation is 2. The van der Waals surface area contributed by atoms with Crippen LogP contribution >= 0.6 is 0 Å². The van der Waals surface area contributed by atoms with Crippen molar-refractivity contribution in [1.29, 1.82) is 0 Å². The van der Waals surface area contributed by atoms with Crippen molar-refractivity contribution in [3.8, 4) is 0 Å². The van der Waals surface area contributed by atoms with E-state index in [1.807, 2.05) is 68.5 Å². The van der Waals surface area contributed by atoms with Gasteiger partial charge in [0.2, 0.25) is 0 Å². The van der Waals surface area contributed by atoms with Gasteiger partial charge in [0, 0.05) is 24.3 Å². The molecule has 7 nitrogen and oxygen atoms in total. The molecule has 2 amide bonds. The lowest BCUT2D eigenvalue weighted by atomic mass is 9.90. The number of carbonyl (C=O) groups is 2. The molecule has 2 atom stereocenters. The molecule has 2 aromatic rings. The number of ether oxygens (including phenoxy) is 1. The first-order chi connectivity index (χ1) is 15.0. The van der Waals surface area contributed by atoms with Crippen molar-refractivity contribution >= 4 is 12.0 Å². The zero-order chi connectivity index (χ0) is 23.5. The van der Waals surface area contributed by atoms with E-state index in [2.05, 4.69) is 23.4 Å². The predicted octanol–water partition coefficient (Wildman–Crippen LogP) is 4.31. The Kier molecular flexibility index (Phi) is 7.26. The lowest BCUT2D eigenvalue weighted by molar-refractivity contribution is 0.0408. The van der Waals surface area contributed by atoms with Crippen LogP contribution in [-0.4, -0.2) is 51.4 Å². The first-order valence-electron chi connectivity index (χ1n) is 11.4. The molecular weight excluding hydrogens is 404 g/mol. The van der Waals surface area contributed by atoms with E-state index < -0.39 is 11.7 Å². The molecule has 2 heterocycles. The average Bonchev–Trinajstić information content (AvgIpc) is 3.02. The number of nitrogens with one attached hydrogen (secondary N) is 1. The summed E-state index contributed by atoms with van der Waals surface area (Å²) in [6, 6.07) is 9.76. The second-order valence-corrected chi connectivity index (χ2v) is 9.85. The lowest BCUT2D eigenvalue weighted by Crippen LogP contribution is -2.53. The molecular formula is C25H36N4O3. The van der Waals surface area contributed by atoms with Gasteiger partial charge in [-0.1, -0.05) is 19.1 Å². The Hall–Kier alpha value is -2.83. The van der Waals surface area contributed by atoms with Gasteiger partial charge < -0.3 is 15.0 Å². The summed E-state index contributed by atoms with van der Waals surface area (Å²) in [5, 5.41) is 7.36. The second-order valence-electron chi connectivity index (χ2n) is 9.85. The smallest absolute Gasteiger partial charge is 0.407 e. The van der Waals surface area contributed by atoms with E-state index in [9.17, 15) is 9.59 Å². The Morgan fingerprint density at radius 2 is 1.88 bits per heavy atom. The zero-order valence-corrected chi connectivity index (χ0v) is 20.1. The van der Waals surface area contributed by atoms with Gasteiger partial charge in [0.25, 0.3) is 5.91 Å². The van der Waals surface area contributed by atoms with Gasteiger partial charge in [-0.25, -0.2) is 4.79 Å². The molecule has 1 aromatic heterocycles. The Bertz CT molecular complexity index is 943. The summed E-state index contributed by atoms with van der Waals surface area (Å²) >= 11 is 0. The first kappa shape index (κ1) is 23.8. The molecule has 1 aromatic carbocycles. The molecule has 1 aliphatic rings. The summed E-state index contributed by atoms with van der Waals surface area (Å²) in [6.45, 7) is 13.4. The highest BCUT2D eigenvalue weighted by molar-refractivity contribution is 5.94. The molecule has 0 spiro atoms. The van der Waals surface area contributed by atoms with E-state index >= 15 is 0 Å². The lowest BCUT2D eigenvalue weighted by Gasteiger charge is -2.40. The van der Waals surface area contributed by atoms with Gasteiger partial charge >= 0.3 is 6.09 Å². The third-order valence-electron chi connectivity index (χ3n) is 5.87. The summed E-state index contributed by atoms with van der Waals surface area (Å²) in [7, 11) is 0. The minimum Gasteiger partial charge on any atom is -0.444 e. The fourth-order valence-corrected chi connectivity index (χ4v) is 4.24. The number of alkyl carbamates (subject to hydrolysis) is 1. The fraction of sp³-hybridized carbons (Fsp3) is 0.560. The number of aromatic nitrogens is 2. The van der Waals surface area contributed by atoms with Crippen LogP contribution in [0.1, 0.15) is 67.8 Å². The molecule has 0 saturated carbocycles. The monoisotopic (exact) mass is 440 g/mol. The van der Waals surface area contributed by atoms with E-state index in [0.717, 1.165) is 29.8 Å². The average molecular weight is 441 g/mol. The van der Waals surface area contributed by atoms with Crippen molar-refractivity contribution in [2.45, 2.75) is 72.6 Å². The normalized spacial score (nSPS) is 19.0. The van der Waals surface area contributed by atoms with Gasteiger partial charge in [-0.05, 0) is 77.1 Å². The van der Waals surface area contributed by atoms with Crippen LogP contribution in [0, 0.1) is 19.8 Å². The predicted molar refractivity (Wildman–Crippen MR) is 125 cm³/mol. The van der Waals surface area contributed by atoms with Crippen molar-refractivity contribution < 1.29 is 14.3 Å².